The minimum absolute atomic E-state index is 0. The number of benzene rings is 4. The van der Waals surface area contributed by atoms with Crippen molar-refractivity contribution in [2.45, 2.75) is 80.1 Å². The van der Waals surface area contributed by atoms with Gasteiger partial charge in [-0.3, -0.25) is 4.68 Å². The molecule has 0 aliphatic rings. The monoisotopic (exact) mass is 853 g/mol. The summed E-state index contributed by atoms with van der Waals surface area (Å²) in [7, 11) is 0. The van der Waals surface area contributed by atoms with Gasteiger partial charge in [0.2, 0.25) is 0 Å². The summed E-state index contributed by atoms with van der Waals surface area (Å²) < 4.78 is 10.9. The quantitative estimate of drug-likeness (QED) is 0.0908. The maximum Gasteiger partial charge on any atom is 2.00 e. The molecule has 0 aliphatic carbocycles. The first-order valence-corrected chi connectivity index (χ1v) is 18.1. The van der Waals surface area contributed by atoms with E-state index in [2.05, 4.69) is 125 Å². The Kier molecular flexibility index (Phi) is 11.3. The molecule has 0 saturated heterocycles. The molecule has 3 heterocycles. The molecule has 0 saturated carbocycles. The van der Waals surface area contributed by atoms with Gasteiger partial charge in [0.1, 0.15) is 5.82 Å². The summed E-state index contributed by atoms with van der Waals surface area (Å²) in [6.07, 6.45) is 8.64. The molecule has 7 rings (SSSR count). The van der Waals surface area contributed by atoms with E-state index in [1.54, 1.807) is 0 Å². The van der Waals surface area contributed by atoms with Crippen LogP contribution in [0, 0.1) is 38.8 Å². The minimum Gasteiger partial charge on any atom is -0.509 e. The third-order valence-corrected chi connectivity index (χ3v) is 9.61. The largest absolute Gasteiger partial charge is 2.00 e. The Labute approximate surface area is 317 Å². The summed E-state index contributed by atoms with van der Waals surface area (Å²) in [6.45, 7) is 13.1. The number of aromatic nitrogens is 4. The molecular weight excluding hydrogens is 808 g/mol. The Bertz CT molecular complexity index is 2280. The Morgan fingerprint density at radius 3 is 2.37 bits per heavy atom. The van der Waals surface area contributed by atoms with Crippen LogP contribution < -0.4 is 4.74 Å². The van der Waals surface area contributed by atoms with Crippen LogP contribution in [0.1, 0.15) is 74.5 Å². The van der Waals surface area contributed by atoms with Gasteiger partial charge < -0.3 is 9.30 Å². The van der Waals surface area contributed by atoms with Gasteiger partial charge in [-0.1, -0.05) is 88.0 Å². The molecule has 0 atom stereocenters. The molecule has 0 bridgehead atoms. The second-order valence-electron chi connectivity index (χ2n) is 14.0. The maximum atomic E-state index is 6.67. The van der Waals surface area contributed by atoms with Crippen molar-refractivity contribution < 1.29 is 25.8 Å². The molecule has 262 valence electrons. The third kappa shape index (κ3) is 7.75. The number of pyridine rings is 1. The zero-order valence-electron chi connectivity index (χ0n) is 30.5. The van der Waals surface area contributed by atoms with Crippen molar-refractivity contribution in [1.82, 2.24) is 19.3 Å². The standard InChI is InChI=1S/C45H46N4O.Pt/c1-7-8-10-13-34-18-21-42-41(27-34)40-20-19-38(29-43(40)48(42)44-24-31(4)22-23-46-44)50-39-26-35(17-16-30(2)3)25-37(28-39)49-33(6)45(32(5)47-49)36-14-11-9-12-15-36;/h9,11-12,14-15,18-27,30H,7-8,10,13,16-17H2,1-6H3;/q-2;+2. The van der Waals surface area contributed by atoms with Crippen LogP contribution in [-0.2, 0) is 33.9 Å². The molecule has 0 unspecified atom stereocenters. The molecule has 0 N–H and O–H groups in total. The first-order chi connectivity index (χ1) is 24.3. The molecule has 6 heteroatoms. The summed E-state index contributed by atoms with van der Waals surface area (Å²) in [6, 6.07) is 37.3. The van der Waals surface area contributed by atoms with E-state index < -0.39 is 0 Å². The number of fused-ring (bicyclic) bond motifs is 3. The average Bonchev–Trinajstić information content (AvgIpc) is 3.59. The molecule has 4 aromatic carbocycles. The van der Waals surface area contributed by atoms with Gasteiger partial charge in [-0.25, -0.2) is 4.98 Å². The van der Waals surface area contributed by atoms with Crippen molar-refractivity contribution in [2.24, 2.45) is 5.92 Å². The van der Waals surface area contributed by atoms with E-state index in [-0.39, 0.29) is 21.1 Å². The summed E-state index contributed by atoms with van der Waals surface area (Å²) >= 11 is 0. The number of nitrogens with zero attached hydrogens (tertiary/aromatic N) is 4. The maximum absolute atomic E-state index is 6.67. The Morgan fingerprint density at radius 2 is 1.61 bits per heavy atom. The van der Waals surface area contributed by atoms with Crippen molar-refractivity contribution in [1.29, 1.82) is 0 Å². The fourth-order valence-electron chi connectivity index (χ4n) is 7.02. The first-order valence-electron chi connectivity index (χ1n) is 18.1. The number of aryl methyl sites for hydroxylation is 4. The molecule has 0 spiro atoms. The van der Waals surface area contributed by atoms with E-state index in [0.29, 0.717) is 17.4 Å². The van der Waals surface area contributed by atoms with Crippen LogP contribution in [0.3, 0.4) is 0 Å². The van der Waals surface area contributed by atoms with Crippen molar-refractivity contribution in [3.8, 4) is 34.1 Å². The Hall–Kier alpha value is -4.47. The van der Waals surface area contributed by atoms with Gasteiger partial charge in [0.05, 0.1) is 5.69 Å². The molecule has 5 nitrogen and oxygen atoms in total. The van der Waals surface area contributed by atoms with Crippen LogP contribution in [0.2, 0.25) is 0 Å². The van der Waals surface area contributed by atoms with E-state index in [1.807, 2.05) is 29.1 Å². The molecule has 0 radical (unpaired) electrons. The summed E-state index contributed by atoms with van der Waals surface area (Å²) in [4.78, 5) is 4.80. The third-order valence-electron chi connectivity index (χ3n) is 9.61. The Balaban J connectivity index is 0.00000448. The van der Waals surface area contributed by atoms with Crippen molar-refractivity contribution in [3.05, 3.63) is 131 Å². The minimum atomic E-state index is 0. The normalized spacial score (nSPS) is 11.4. The van der Waals surface area contributed by atoms with Crippen molar-refractivity contribution >= 4 is 21.8 Å². The van der Waals surface area contributed by atoms with Gasteiger partial charge in [0.25, 0.3) is 0 Å². The topological polar surface area (TPSA) is 44.9 Å². The van der Waals surface area contributed by atoms with Crippen LogP contribution in [0.25, 0.3) is 44.4 Å². The van der Waals surface area contributed by atoms with Crippen LogP contribution in [0.5, 0.6) is 11.5 Å². The van der Waals surface area contributed by atoms with Gasteiger partial charge in [0, 0.05) is 34.5 Å². The van der Waals surface area contributed by atoms with E-state index in [9.17, 15) is 0 Å². The number of unbranched alkanes of at least 4 members (excludes halogenated alkanes) is 2. The van der Waals surface area contributed by atoms with E-state index in [4.69, 9.17) is 14.8 Å². The van der Waals surface area contributed by atoms with Crippen molar-refractivity contribution in [2.75, 3.05) is 0 Å². The average molecular weight is 854 g/mol. The van der Waals surface area contributed by atoms with E-state index in [0.717, 1.165) is 75.3 Å². The zero-order valence-corrected chi connectivity index (χ0v) is 32.8. The molecule has 51 heavy (non-hydrogen) atoms. The molecule has 7 aromatic rings. The van der Waals surface area contributed by atoms with Gasteiger partial charge in [-0.2, -0.15) is 16.7 Å². The zero-order chi connectivity index (χ0) is 34.8. The van der Waals surface area contributed by atoms with E-state index in [1.165, 1.54) is 35.8 Å². The van der Waals surface area contributed by atoms with Gasteiger partial charge >= 0.3 is 21.1 Å². The summed E-state index contributed by atoms with van der Waals surface area (Å²) in [5.41, 5.74) is 11.0. The molecule has 0 aliphatic heterocycles. The van der Waals surface area contributed by atoms with Crippen LogP contribution in [-0.4, -0.2) is 19.3 Å². The number of hydrogen-bond acceptors (Lipinski definition) is 3. The Morgan fingerprint density at radius 1 is 0.784 bits per heavy atom. The molecule has 0 fully saturated rings. The number of ether oxygens (including phenoxy) is 1. The predicted octanol–water partition coefficient (Wildman–Crippen LogP) is 11.7. The van der Waals surface area contributed by atoms with Crippen LogP contribution in [0.15, 0.2) is 91.1 Å². The SMILES string of the molecule is CCCCCc1ccc2c(c1)c1ccc(Oc3[c-]c(-n4nc(C)c(-c5ccccc5)c4C)cc(CCC(C)C)c3)[c-]c1n2-c1cc(C)ccn1.[Pt+2]. The van der Waals surface area contributed by atoms with Gasteiger partial charge in [-0.05, 0) is 91.9 Å². The van der Waals surface area contributed by atoms with Crippen molar-refractivity contribution in [3.63, 3.8) is 0 Å². The fourth-order valence-corrected chi connectivity index (χ4v) is 7.02. The fraction of sp³-hybridized carbons (Fsp3) is 0.289. The number of hydrogen-bond donors (Lipinski definition) is 0. The summed E-state index contributed by atoms with van der Waals surface area (Å²) in [5.74, 6) is 2.75. The van der Waals surface area contributed by atoms with Crippen LogP contribution in [0.4, 0.5) is 0 Å². The van der Waals surface area contributed by atoms with Crippen LogP contribution >= 0.6 is 0 Å². The molecule has 3 aromatic heterocycles. The molecular formula is C45H46N4OPt. The van der Waals surface area contributed by atoms with Gasteiger partial charge in [-0.15, -0.1) is 35.7 Å². The molecule has 0 amide bonds. The van der Waals surface area contributed by atoms with E-state index >= 15 is 0 Å². The predicted molar refractivity (Wildman–Crippen MR) is 206 cm³/mol. The van der Waals surface area contributed by atoms with Gasteiger partial charge in [0.15, 0.2) is 0 Å². The second-order valence-corrected chi connectivity index (χ2v) is 14.0. The summed E-state index contributed by atoms with van der Waals surface area (Å²) in [5, 5.41) is 7.35. The number of rotatable bonds is 12. The second kappa shape index (κ2) is 15.8. The first kappa shape index (κ1) is 36.3. The smallest absolute Gasteiger partial charge is 0.509 e.